The van der Waals surface area contributed by atoms with Gasteiger partial charge in [-0.2, -0.15) is 0 Å². The van der Waals surface area contributed by atoms with E-state index < -0.39 is 0 Å². The zero-order valence-electron chi connectivity index (χ0n) is 11.6. The monoisotopic (exact) mass is 241 g/mol. The number of rotatable bonds is 2. The molecule has 0 radical (unpaired) electrons. The van der Waals surface area contributed by atoms with E-state index in [4.69, 9.17) is 0 Å². The van der Waals surface area contributed by atoms with Gasteiger partial charge in [0.25, 0.3) is 0 Å². The van der Waals surface area contributed by atoms with Gasteiger partial charge in [0.15, 0.2) is 0 Å². The van der Waals surface area contributed by atoms with E-state index in [1.165, 1.54) is 44.3 Å². The van der Waals surface area contributed by atoms with E-state index in [9.17, 15) is 0 Å². The molecule has 0 spiro atoms. The van der Waals surface area contributed by atoms with E-state index >= 15 is 0 Å². The molecule has 0 unspecified atom stereocenters. The Labute approximate surface area is 111 Å². The molecule has 18 heavy (non-hydrogen) atoms. The van der Waals surface area contributed by atoms with Crippen LogP contribution in [-0.4, -0.2) is 13.1 Å². The predicted octanol–water partition coefficient (Wildman–Crippen LogP) is 4.05. The molecule has 1 aromatic carbocycles. The van der Waals surface area contributed by atoms with Crippen LogP contribution in [0.4, 0.5) is 5.69 Å². The Hall–Kier alpha value is -1.24. The van der Waals surface area contributed by atoms with Gasteiger partial charge in [0.05, 0.1) is 0 Å². The van der Waals surface area contributed by atoms with Gasteiger partial charge in [-0.25, -0.2) is 0 Å². The molecule has 1 nitrogen and oxygen atoms in total. The lowest BCUT2D eigenvalue weighted by Gasteiger charge is -2.37. The maximum Gasteiger partial charge on any atom is 0.0431 e. The molecule has 0 amide bonds. The SMILES string of the molecule is CC(C)/C=C/c1cc2c3c(c1)CCCN3CCC2. The molecule has 96 valence electrons. The summed E-state index contributed by atoms with van der Waals surface area (Å²) in [4.78, 5) is 2.60. The summed E-state index contributed by atoms with van der Waals surface area (Å²) < 4.78 is 0. The third-order valence-corrected chi connectivity index (χ3v) is 4.03. The molecule has 1 heteroatoms. The summed E-state index contributed by atoms with van der Waals surface area (Å²) in [5.74, 6) is 0.633. The van der Waals surface area contributed by atoms with Gasteiger partial charge in [0.2, 0.25) is 0 Å². The van der Waals surface area contributed by atoms with E-state index in [2.05, 4.69) is 43.0 Å². The Bertz CT molecular complexity index is 439. The van der Waals surface area contributed by atoms with Crippen molar-refractivity contribution in [3.8, 4) is 0 Å². The quantitative estimate of drug-likeness (QED) is 0.755. The van der Waals surface area contributed by atoms with Gasteiger partial charge in [0, 0.05) is 18.8 Å². The standard InChI is InChI=1S/C17H23N/c1-13(2)7-8-14-11-15-5-3-9-18-10-4-6-16(12-14)17(15)18/h7-8,11-13H,3-6,9-10H2,1-2H3/b8-7+. The van der Waals surface area contributed by atoms with Gasteiger partial charge in [-0.3, -0.25) is 0 Å². The van der Waals surface area contributed by atoms with Gasteiger partial charge in [0.1, 0.15) is 0 Å². The van der Waals surface area contributed by atoms with E-state index in [0.29, 0.717) is 5.92 Å². The number of hydrogen-bond acceptors (Lipinski definition) is 1. The maximum absolute atomic E-state index is 2.60. The lowest BCUT2D eigenvalue weighted by atomic mass is 9.90. The number of benzene rings is 1. The predicted molar refractivity (Wildman–Crippen MR) is 79.2 cm³/mol. The lowest BCUT2D eigenvalue weighted by molar-refractivity contribution is 0.634. The summed E-state index contributed by atoms with van der Waals surface area (Å²) in [5.41, 5.74) is 6.15. The van der Waals surface area contributed by atoms with Gasteiger partial charge >= 0.3 is 0 Å². The maximum atomic E-state index is 2.60. The number of aryl methyl sites for hydroxylation is 2. The van der Waals surface area contributed by atoms with Gasteiger partial charge in [-0.1, -0.05) is 26.0 Å². The number of allylic oxidation sites excluding steroid dienone is 1. The highest BCUT2D eigenvalue weighted by Gasteiger charge is 2.23. The van der Waals surface area contributed by atoms with Crippen LogP contribution >= 0.6 is 0 Å². The van der Waals surface area contributed by atoms with Crippen molar-refractivity contribution >= 4 is 11.8 Å². The van der Waals surface area contributed by atoms with Crippen molar-refractivity contribution in [3.63, 3.8) is 0 Å². The van der Waals surface area contributed by atoms with Crippen LogP contribution in [0.1, 0.15) is 43.4 Å². The molecule has 0 bridgehead atoms. The number of anilines is 1. The fourth-order valence-electron chi connectivity index (χ4n) is 3.23. The minimum absolute atomic E-state index is 0.633. The molecule has 0 saturated heterocycles. The third-order valence-electron chi connectivity index (χ3n) is 4.03. The van der Waals surface area contributed by atoms with E-state index in [-0.39, 0.29) is 0 Å². The first-order valence-electron chi connectivity index (χ1n) is 7.33. The Morgan fingerprint density at radius 2 is 1.67 bits per heavy atom. The Balaban J connectivity index is 2.01. The molecule has 0 atom stereocenters. The van der Waals surface area contributed by atoms with E-state index in [1.807, 2.05) is 0 Å². The number of hydrogen-bond donors (Lipinski definition) is 0. The largest absolute Gasteiger partial charge is 0.371 e. The molecule has 0 aromatic heterocycles. The average Bonchev–Trinajstić information content (AvgIpc) is 2.37. The first-order valence-corrected chi connectivity index (χ1v) is 7.33. The molecule has 3 rings (SSSR count). The molecule has 0 saturated carbocycles. The first-order chi connectivity index (χ1) is 8.74. The first kappa shape index (κ1) is 11.8. The van der Waals surface area contributed by atoms with Crippen LogP contribution < -0.4 is 4.90 Å². The normalized spacial score (nSPS) is 18.5. The minimum Gasteiger partial charge on any atom is -0.371 e. The topological polar surface area (TPSA) is 3.24 Å². The average molecular weight is 241 g/mol. The molecule has 2 aliphatic heterocycles. The molecule has 2 heterocycles. The van der Waals surface area contributed by atoms with Crippen molar-refractivity contribution in [2.45, 2.75) is 39.5 Å². The molecule has 0 aliphatic carbocycles. The highest BCUT2D eigenvalue weighted by atomic mass is 15.1. The van der Waals surface area contributed by atoms with Crippen LogP contribution in [0.15, 0.2) is 18.2 Å². The van der Waals surface area contributed by atoms with Crippen LogP contribution in [-0.2, 0) is 12.8 Å². The fourth-order valence-corrected chi connectivity index (χ4v) is 3.23. The van der Waals surface area contributed by atoms with Crippen LogP contribution in [0.3, 0.4) is 0 Å². The van der Waals surface area contributed by atoms with Gasteiger partial charge < -0.3 is 4.90 Å². The smallest absolute Gasteiger partial charge is 0.0431 e. The Morgan fingerprint density at radius 1 is 1.06 bits per heavy atom. The highest BCUT2D eigenvalue weighted by molar-refractivity contribution is 5.67. The molecular formula is C17H23N. The molecule has 0 N–H and O–H groups in total. The fraction of sp³-hybridized carbons (Fsp3) is 0.529. The van der Waals surface area contributed by atoms with Crippen molar-refractivity contribution in [1.82, 2.24) is 0 Å². The summed E-state index contributed by atoms with van der Waals surface area (Å²) >= 11 is 0. The Kier molecular flexibility index (Phi) is 3.15. The van der Waals surface area contributed by atoms with E-state index in [1.54, 1.807) is 16.8 Å². The van der Waals surface area contributed by atoms with Crippen LogP contribution in [0.5, 0.6) is 0 Å². The van der Waals surface area contributed by atoms with Crippen LogP contribution in [0, 0.1) is 5.92 Å². The summed E-state index contributed by atoms with van der Waals surface area (Å²) in [7, 11) is 0. The van der Waals surface area contributed by atoms with E-state index in [0.717, 1.165) is 0 Å². The van der Waals surface area contributed by atoms with Crippen molar-refractivity contribution in [3.05, 3.63) is 34.9 Å². The highest BCUT2D eigenvalue weighted by Crippen LogP contribution is 2.36. The third kappa shape index (κ3) is 2.19. The zero-order valence-corrected chi connectivity index (χ0v) is 11.6. The molecule has 1 aromatic rings. The zero-order chi connectivity index (χ0) is 12.5. The van der Waals surface area contributed by atoms with Gasteiger partial charge in [-0.05, 0) is 60.4 Å². The second kappa shape index (κ2) is 4.79. The molecular weight excluding hydrogens is 218 g/mol. The van der Waals surface area contributed by atoms with Crippen molar-refractivity contribution in [1.29, 1.82) is 0 Å². The summed E-state index contributed by atoms with van der Waals surface area (Å²) in [6.45, 7) is 7.00. The van der Waals surface area contributed by atoms with Crippen LogP contribution in [0.25, 0.3) is 6.08 Å². The summed E-state index contributed by atoms with van der Waals surface area (Å²) in [6, 6.07) is 4.82. The summed E-state index contributed by atoms with van der Waals surface area (Å²) in [5, 5.41) is 0. The van der Waals surface area contributed by atoms with Gasteiger partial charge in [-0.15, -0.1) is 0 Å². The summed E-state index contributed by atoms with van der Waals surface area (Å²) in [6.07, 6.45) is 9.78. The van der Waals surface area contributed by atoms with Crippen LogP contribution in [0.2, 0.25) is 0 Å². The lowest BCUT2D eigenvalue weighted by Crippen LogP contribution is -2.34. The van der Waals surface area contributed by atoms with Crippen molar-refractivity contribution in [2.24, 2.45) is 5.92 Å². The number of nitrogens with zero attached hydrogens (tertiary/aromatic N) is 1. The molecule has 2 aliphatic rings. The molecule has 0 fully saturated rings. The van der Waals surface area contributed by atoms with Crippen molar-refractivity contribution < 1.29 is 0 Å². The second-order valence-electron chi connectivity index (χ2n) is 5.99. The minimum atomic E-state index is 0.633. The Morgan fingerprint density at radius 3 is 2.22 bits per heavy atom. The van der Waals surface area contributed by atoms with Crippen molar-refractivity contribution in [2.75, 3.05) is 18.0 Å². The second-order valence-corrected chi connectivity index (χ2v) is 5.99.